The molecule has 2 aromatic rings. The Kier molecular flexibility index (Phi) is 4.83. The van der Waals surface area contributed by atoms with Crippen molar-refractivity contribution in [3.8, 4) is 0 Å². The van der Waals surface area contributed by atoms with Crippen LogP contribution in [0.5, 0.6) is 0 Å². The summed E-state index contributed by atoms with van der Waals surface area (Å²) in [6.45, 7) is 8.72. The van der Waals surface area contributed by atoms with Gasteiger partial charge < -0.3 is 9.88 Å². The average Bonchev–Trinajstić information content (AvgIpc) is 2.87. The van der Waals surface area contributed by atoms with Crippen molar-refractivity contribution in [2.45, 2.75) is 40.3 Å². The molecule has 2 heterocycles. The van der Waals surface area contributed by atoms with Crippen LogP contribution in [-0.2, 0) is 20.1 Å². The third kappa shape index (κ3) is 3.04. The minimum absolute atomic E-state index is 0.697. The molecule has 0 unspecified atom stereocenters. The molecule has 2 aromatic heterocycles. The fraction of sp³-hybridized carbons (Fsp3) is 0.571. The van der Waals surface area contributed by atoms with Gasteiger partial charge in [-0.05, 0) is 26.8 Å². The third-order valence-electron chi connectivity index (χ3n) is 3.46. The second kappa shape index (κ2) is 6.41. The number of hydrogen-bond donors (Lipinski definition) is 1. The van der Waals surface area contributed by atoms with Crippen molar-refractivity contribution in [1.82, 2.24) is 24.6 Å². The Morgan fingerprint density at radius 3 is 2.70 bits per heavy atom. The summed E-state index contributed by atoms with van der Waals surface area (Å²) in [6, 6.07) is 0. The maximum absolute atomic E-state index is 6.31. The molecule has 0 spiro atoms. The molecule has 1 N–H and O–H groups in total. The highest BCUT2D eigenvalue weighted by Gasteiger charge is 2.14. The van der Waals surface area contributed by atoms with Crippen LogP contribution < -0.4 is 5.32 Å². The highest BCUT2D eigenvalue weighted by molar-refractivity contribution is 6.30. The highest BCUT2D eigenvalue weighted by atomic mass is 35.5. The van der Waals surface area contributed by atoms with Crippen molar-refractivity contribution >= 4 is 11.6 Å². The molecule has 0 fully saturated rings. The normalized spacial score (nSPS) is 11.2. The zero-order chi connectivity index (χ0) is 14.7. The van der Waals surface area contributed by atoms with E-state index in [1.54, 1.807) is 4.68 Å². The summed E-state index contributed by atoms with van der Waals surface area (Å²) < 4.78 is 3.91. The van der Waals surface area contributed by atoms with Gasteiger partial charge in [0.15, 0.2) is 0 Å². The Hall–Kier alpha value is -1.33. The van der Waals surface area contributed by atoms with Gasteiger partial charge in [0.05, 0.1) is 17.9 Å². The molecule has 0 radical (unpaired) electrons. The number of imidazole rings is 1. The van der Waals surface area contributed by atoms with E-state index < -0.39 is 0 Å². The van der Waals surface area contributed by atoms with Gasteiger partial charge in [-0.1, -0.05) is 18.5 Å². The van der Waals surface area contributed by atoms with E-state index in [9.17, 15) is 0 Å². The van der Waals surface area contributed by atoms with E-state index in [4.69, 9.17) is 11.6 Å². The molecule has 0 saturated carbocycles. The molecule has 6 heteroatoms. The van der Waals surface area contributed by atoms with Crippen molar-refractivity contribution in [2.75, 3.05) is 6.54 Å². The molecule has 0 atom stereocenters. The molecule has 0 bridgehead atoms. The number of nitrogens with one attached hydrogen (secondary N) is 1. The Morgan fingerprint density at radius 1 is 1.35 bits per heavy atom. The first kappa shape index (κ1) is 15.1. The summed E-state index contributed by atoms with van der Waals surface area (Å²) >= 11 is 6.31. The SMILES string of the molecule is CCCNCc1cnc(C)n1Cc1c(C)nn(C)c1Cl. The van der Waals surface area contributed by atoms with Crippen LogP contribution in [0.2, 0.25) is 5.15 Å². The van der Waals surface area contributed by atoms with Crippen LogP contribution in [0.4, 0.5) is 0 Å². The summed E-state index contributed by atoms with van der Waals surface area (Å²) in [6.07, 6.45) is 3.05. The van der Waals surface area contributed by atoms with Crippen LogP contribution in [-0.4, -0.2) is 25.9 Å². The van der Waals surface area contributed by atoms with E-state index in [0.29, 0.717) is 11.7 Å². The van der Waals surface area contributed by atoms with E-state index in [0.717, 1.165) is 36.6 Å². The smallest absolute Gasteiger partial charge is 0.131 e. The molecule has 0 saturated heterocycles. The Morgan fingerprint density at radius 2 is 2.10 bits per heavy atom. The number of aromatic nitrogens is 4. The molecule has 110 valence electrons. The van der Waals surface area contributed by atoms with E-state index in [2.05, 4.69) is 26.9 Å². The largest absolute Gasteiger partial charge is 0.326 e. The summed E-state index contributed by atoms with van der Waals surface area (Å²) in [5.41, 5.74) is 3.21. The highest BCUT2D eigenvalue weighted by Crippen LogP contribution is 2.21. The molecule has 0 aliphatic carbocycles. The van der Waals surface area contributed by atoms with Gasteiger partial charge in [-0.2, -0.15) is 5.10 Å². The summed E-state index contributed by atoms with van der Waals surface area (Å²) in [5.74, 6) is 0.998. The summed E-state index contributed by atoms with van der Waals surface area (Å²) in [5, 5.41) is 8.47. The van der Waals surface area contributed by atoms with E-state index in [1.807, 2.05) is 27.1 Å². The standard InChI is InChI=1S/C14H22ClN5/c1-5-6-16-7-12-8-17-11(3)20(12)9-13-10(2)18-19(4)14(13)15/h8,16H,5-7,9H2,1-4H3. The molecular weight excluding hydrogens is 274 g/mol. The Labute approximate surface area is 125 Å². The van der Waals surface area contributed by atoms with Gasteiger partial charge in [0, 0.05) is 25.4 Å². The van der Waals surface area contributed by atoms with Crippen LogP contribution in [0.15, 0.2) is 6.20 Å². The second-order valence-electron chi connectivity index (χ2n) is 5.04. The van der Waals surface area contributed by atoms with Crippen molar-refractivity contribution in [3.05, 3.63) is 34.1 Å². The first-order chi connectivity index (χ1) is 9.54. The number of aryl methyl sites for hydroxylation is 3. The van der Waals surface area contributed by atoms with Crippen molar-refractivity contribution < 1.29 is 0 Å². The molecule has 0 aliphatic rings. The monoisotopic (exact) mass is 295 g/mol. The van der Waals surface area contributed by atoms with Gasteiger partial charge in [-0.25, -0.2) is 4.98 Å². The quantitative estimate of drug-likeness (QED) is 0.833. The first-order valence-electron chi connectivity index (χ1n) is 6.94. The number of rotatable bonds is 6. The lowest BCUT2D eigenvalue weighted by Crippen LogP contribution is -2.18. The van der Waals surface area contributed by atoms with Crippen molar-refractivity contribution in [3.63, 3.8) is 0 Å². The maximum Gasteiger partial charge on any atom is 0.131 e. The van der Waals surface area contributed by atoms with Gasteiger partial charge in [0.25, 0.3) is 0 Å². The van der Waals surface area contributed by atoms with Crippen molar-refractivity contribution in [1.29, 1.82) is 0 Å². The lowest BCUT2D eigenvalue weighted by molar-refractivity contribution is 0.622. The zero-order valence-electron chi connectivity index (χ0n) is 12.6. The fourth-order valence-electron chi connectivity index (χ4n) is 2.28. The third-order valence-corrected chi connectivity index (χ3v) is 3.93. The molecule has 5 nitrogen and oxygen atoms in total. The summed E-state index contributed by atoms with van der Waals surface area (Å²) in [7, 11) is 1.86. The zero-order valence-corrected chi connectivity index (χ0v) is 13.3. The Bertz CT molecular complexity index is 585. The van der Waals surface area contributed by atoms with E-state index >= 15 is 0 Å². The van der Waals surface area contributed by atoms with E-state index in [-0.39, 0.29) is 0 Å². The Balaban J connectivity index is 2.22. The van der Waals surface area contributed by atoms with Gasteiger partial charge >= 0.3 is 0 Å². The maximum atomic E-state index is 6.31. The molecule has 0 aliphatic heterocycles. The van der Waals surface area contributed by atoms with Gasteiger partial charge in [-0.3, -0.25) is 4.68 Å². The van der Waals surface area contributed by atoms with Crippen LogP contribution in [0.3, 0.4) is 0 Å². The van der Waals surface area contributed by atoms with Crippen molar-refractivity contribution in [2.24, 2.45) is 7.05 Å². The average molecular weight is 296 g/mol. The lowest BCUT2D eigenvalue weighted by Gasteiger charge is -2.11. The number of halogens is 1. The topological polar surface area (TPSA) is 47.7 Å². The number of nitrogens with zero attached hydrogens (tertiary/aromatic N) is 4. The molecule has 0 amide bonds. The van der Waals surface area contributed by atoms with Gasteiger partial charge in [0.2, 0.25) is 0 Å². The predicted octanol–water partition coefficient (Wildman–Crippen LogP) is 2.43. The minimum atomic E-state index is 0.697. The van der Waals surface area contributed by atoms with E-state index in [1.165, 1.54) is 5.69 Å². The van der Waals surface area contributed by atoms with Crippen LogP contribution in [0, 0.1) is 13.8 Å². The predicted molar refractivity (Wildman–Crippen MR) is 81.0 cm³/mol. The van der Waals surface area contributed by atoms with Gasteiger partial charge in [-0.15, -0.1) is 0 Å². The summed E-state index contributed by atoms with van der Waals surface area (Å²) in [4.78, 5) is 4.41. The van der Waals surface area contributed by atoms with Gasteiger partial charge in [0.1, 0.15) is 11.0 Å². The van der Waals surface area contributed by atoms with Crippen LogP contribution >= 0.6 is 11.6 Å². The second-order valence-corrected chi connectivity index (χ2v) is 5.40. The molecular formula is C14H22ClN5. The lowest BCUT2D eigenvalue weighted by atomic mass is 10.2. The van der Waals surface area contributed by atoms with Crippen LogP contribution in [0.25, 0.3) is 0 Å². The first-order valence-corrected chi connectivity index (χ1v) is 7.32. The number of hydrogen-bond acceptors (Lipinski definition) is 3. The molecule has 0 aromatic carbocycles. The van der Waals surface area contributed by atoms with Crippen LogP contribution in [0.1, 0.15) is 36.1 Å². The molecule has 20 heavy (non-hydrogen) atoms. The minimum Gasteiger partial charge on any atom is -0.326 e. The molecule has 2 rings (SSSR count). The fourth-order valence-corrected chi connectivity index (χ4v) is 2.51.